The highest BCUT2D eigenvalue weighted by Gasteiger charge is 2.31. The maximum absolute atomic E-state index is 12.8. The summed E-state index contributed by atoms with van der Waals surface area (Å²) >= 11 is 0. The number of rotatable bonds is 13. The highest BCUT2D eigenvalue weighted by atomic mass is 16.2. The van der Waals surface area contributed by atoms with Crippen LogP contribution in [-0.4, -0.2) is 100 Å². The summed E-state index contributed by atoms with van der Waals surface area (Å²) in [6, 6.07) is 19.3. The highest BCUT2D eigenvalue weighted by Crippen LogP contribution is 2.30. The molecule has 54 heavy (non-hydrogen) atoms. The standard InChI is InChI=1S/C38H46N8O2.C6H6/c1-7-12-30(8-2)36(45(5)6)38(48)39-23-10-9-14-34-40-25-31(42-34)21-19-28-15-17-29(18-16-28)20-22-32-26-41-37(43-32)33-13-11-24-46(33)35(47)27-44(3)4;1-2-4-6-5-3-1/h7-8,12,15-18,25-26,33,36H,1-2,9-11,13-14,23-24,27H2,3-6H3,(H,39,48)(H,40,42)(H,41,43);1-6H/b30-12+;. The van der Waals surface area contributed by atoms with Crippen LogP contribution in [-0.2, 0) is 16.0 Å². The van der Waals surface area contributed by atoms with Crippen molar-refractivity contribution in [3.05, 3.63) is 144 Å². The zero-order valence-corrected chi connectivity index (χ0v) is 31.9. The van der Waals surface area contributed by atoms with Gasteiger partial charge in [0.05, 0.1) is 25.0 Å². The fourth-order valence-corrected chi connectivity index (χ4v) is 5.95. The number of nitrogens with zero attached hydrogens (tertiary/aromatic N) is 5. The molecule has 0 saturated carbocycles. The number of imidazole rings is 2. The summed E-state index contributed by atoms with van der Waals surface area (Å²) in [5, 5.41) is 3.03. The Hall–Kier alpha value is -5.94. The van der Waals surface area contributed by atoms with Crippen LogP contribution in [0.3, 0.4) is 0 Å². The van der Waals surface area contributed by atoms with Crippen LogP contribution >= 0.6 is 0 Å². The summed E-state index contributed by atoms with van der Waals surface area (Å²) in [4.78, 5) is 46.6. The molecule has 2 amide bonds. The molecule has 1 aliphatic rings. The first-order valence-electron chi connectivity index (χ1n) is 18.2. The van der Waals surface area contributed by atoms with Crippen molar-refractivity contribution in [2.24, 2.45) is 0 Å². The number of nitrogens with one attached hydrogen (secondary N) is 3. The lowest BCUT2D eigenvalue weighted by Crippen LogP contribution is -2.44. The Morgan fingerprint density at radius 1 is 0.907 bits per heavy atom. The van der Waals surface area contributed by atoms with Gasteiger partial charge < -0.3 is 25.1 Å². The van der Waals surface area contributed by atoms with Gasteiger partial charge in [-0.05, 0) is 95.6 Å². The Bertz CT molecular complexity index is 1940. The van der Waals surface area contributed by atoms with Crippen molar-refractivity contribution in [2.45, 2.75) is 44.2 Å². The van der Waals surface area contributed by atoms with Gasteiger partial charge in [-0.1, -0.05) is 79.6 Å². The van der Waals surface area contributed by atoms with Gasteiger partial charge in [0.15, 0.2) is 0 Å². The summed E-state index contributed by atoms with van der Waals surface area (Å²) < 4.78 is 0. The Morgan fingerprint density at radius 3 is 2.09 bits per heavy atom. The van der Waals surface area contributed by atoms with E-state index >= 15 is 0 Å². The van der Waals surface area contributed by atoms with E-state index in [4.69, 9.17) is 0 Å². The lowest BCUT2D eigenvalue weighted by molar-refractivity contribution is -0.133. The molecular weight excluding hydrogens is 673 g/mol. The maximum Gasteiger partial charge on any atom is 0.241 e. The van der Waals surface area contributed by atoms with Gasteiger partial charge in [-0.3, -0.25) is 14.5 Å². The third kappa shape index (κ3) is 12.9. The van der Waals surface area contributed by atoms with E-state index in [1.165, 1.54) is 0 Å². The predicted octanol–water partition coefficient (Wildman–Crippen LogP) is 5.51. The first-order chi connectivity index (χ1) is 26.2. The molecule has 1 fully saturated rings. The Balaban J connectivity index is 0.000000983. The van der Waals surface area contributed by atoms with Crippen LogP contribution in [0.5, 0.6) is 0 Å². The summed E-state index contributed by atoms with van der Waals surface area (Å²) in [5.74, 6) is 14.4. The quantitative estimate of drug-likeness (QED) is 0.0953. The van der Waals surface area contributed by atoms with Crippen molar-refractivity contribution in [3.63, 3.8) is 0 Å². The summed E-state index contributed by atoms with van der Waals surface area (Å²) in [5.41, 5.74) is 4.02. The number of amides is 2. The van der Waals surface area contributed by atoms with Gasteiger partial charge in [0.1, 0.15) is 29.1 Å². The summed E-state index contributed by atoms with van der Waals surface area (Å²) in [6.07, 6.45) is 13.0. The second-order valence-electron chi connectivity index (χ2n) is 13.4. The van der Waals surface area contributed by atoms with Crippen molar-refractivity contribution < 1.29 is 9.59 Å². The average molecular weight is 725 g/mol. The van der Waals surface area contributed by atoms with Crippen LogP contribution in [0, 0.1) is 23.7 Å². The molecule has 2 aromatic carbocycles. The van der Waals surface area contributed by atoms with Crippen molar-refractivity contribution >= 4 is 11.8 Å². The fourth-order valence-electron chi connectivity index (χ4n) is 5.95. The summed E-state index contributed by atoms with van der Waals surface area (Å²) in [7, 11) is 7.54. The summed E-state index contributed by atoms with van der Waals surface area (Å²) in [6.45, 7) is 9.27. The van der Waals surface area contributed by atoms with Crippen molar-refractivity contribution in [1.29, 1.82) is 0 Å². The van der Waals surface area contributed by atoms with E-state index in [9.17, 15) is 9.59 Å². The molecule has 4 aromatic rings. The number of hydrogen-bond donors (Lipinski definition) is 3. The average Bonchev–Trinajstić information content (AvgIpc) is 3.95. The third-order valence-electron chi connectivity index (χ3n) is 8.56. The first-order valence-corrected chi connectivity index (χ1v) is 18.2. The van der Waals surface area contributed by atoms with E-state index in [2.05, 4.69) is 62.1 Å². The molecule has 5 rings (SSSR count). The number of aromatic nitrogens is 4. The molecule has 1 aliphatic heterocycles. The number of benzene rings is 2. The lowest BCUT2D eigenvalue weighted by Gasteiger charge is -2.24. The molecule has 0 aliphatic carbocycles. The normalized spacial score (nSPS) is 14.2. The maximum atomic E-state index is 12.8. The molecule has 1 saturated heterocycles. The lowest BCUT2D eigenvalue weighted by atomic mass is 10.0. The molecule has 3 N–H and O–H groups in total. The molecule has 0 bridgehead atoms. The minimum Gasteiger partial charge on any atom is -0.354 e. The van der Waals surface area contributed by atoms with Gasteiger partial charge in [-0.15, -0.1) is 0 Å². The molecule has 10 heteroatoms. The van der Waals surface area contributed by atoms with Gasteiger partial charge in [0.2, 0.25) is 11.8 Å². The number of allylic oxidation sites excluding steroid dienone is 2. The van der Waals surface area contributed by atoms with E-state index in [0.717, 1.165) is 78.4 Å². The number of likely N-dealkylation sites (tertiary alicyclic amines) is 1. The minimum atomic E-state index is -0.410. The number of aromatic amines is 2. The molecule has 2 unspecified atom stereocenters. The van der Waals surface area contributed by atoms with Crippen LogP contribution in [0.2, 0.25) is 0 Å². The monoisotopic (exact) mass is 724 g/mol. The largest absolute Gasteiger partial charge is 0.354 e. The molecule has 280 valence electrons. The minimum absolute atomic E-state index is 0.0328. The van der Waals surface area contributed by atoms with Gasteiger partial charge in [-0.25, -0.2) is 9.97 Å². The molecule has 2 atom stereocenters. The molecule has 2 aromatic heterocycles. The second kappa shape index (κ2) is 21.6. The van der Waals surface area contributed by atoms with E-state index in [1.54, 1.807) is 30.6 Å². The smallest absolute Gasteiger partial charge is 0.241 e. The molecule has 3 heterocycles. The van der Waals surface area contributed by atoms with Gasteiger partial charge >= 0.3 is 0 Å². The van der Waals surface area contributed by atoms with Crippen LogP contribution in [0.1, 0.15) is 65.9 Å². The number of H-pyrrole nitrogens is 2. The Morgan fingerprint density at radius 2 is 1.52 bits per heavy atom. The van der Waals surface area contributed by atoms with Gasteiger partial charge in [-0.2, -0.15) is 0 Å². The zero-order chi connectivity index (χ0) is 38.7. The number of carbonyl (C=O) groups is 2. The highest BCUT2D eigenvalue weighted by molar-refractivity contribution is 5.85. The Kier molecular flexibility index (Phi) is 16.3. The molecule has 0 spiro atoms. The van der Waals surface area contributed by atoms with Crippen LogP contribution < -0.4 is 5.32 Å². The fraction of sp³-hybridized carbons (Fsp3) is 0.318. The predicted molar refractivity (Wildman–Crippen MR) is 216 cm³/mol. The van der Waals surface area contributed by atoms with Crippen molar-refractivity contribution in [2.75, 3.05) is 47.8 Å². The Labute approximate surface area is 320 Å². The zero-order valence-electron chi connectivity index (χ0n) is 31.9. The second-order valence-corrected chi connectivity index (χ2v) is 13.4. The number of unbranched alkanes of at least 4 members (excludes halogenated alkanes) is 1. The topological polar surface area (TPSA) is 113 Å². The first kappa shape index (κ1) is 40.8. The molecule has 10 nitrogen and oxygen atoms in total. The molecule has 0 radical (unpaired) electrons. The van der Waals surface area contributed by atoms with Crippen molar-refractivity contribution in [1.82, 2.24) is 40.0 Å². The number of likely N-dealkylation sites (N-methyl/N-ethyl adjacent to an activating group) is 2. The van der Waals surface area contributed by atoms with E-state index in [1.807, 2.05) is 104 Å². The van der Waals surface area contributed by atoms with E-state index < -0.39 is 6.04 Å². The number of hydrogen-bond acceptors (Lipinski definition) is 6. The number of aryl methyl sites for hydroxylation is 1. The third-order valence-corrected chi connectivity index (χ3v) is 8.56. The molecular formula is C44H52N8O2. The van der Waals surface area contributed by atoms with Crippen LogP contribution in [0.4, 0.5) is 0 Å². The van der Waals surface area contributed by atoms with Crippen LogP contribution in [0.15, 0.2) is 110 Å². The van der Waals surface area contributed by atoms with Gasteiger partial charge in [0, 0.05) is 30.6 Å². The van der Waals surface area contributed by atoms with E-state index in [-0.39, 0.29) is 17.9 Å². The number of carbonyl (C=O) groups excluding carboxylic acids is 2. The SMILES string of the molecule is C=C/C=C(\C=C)C(C(=O)NCCCCc1ncc(C#Cc2ccc(C#Cc3cnc(C4CCCN4C(=O)CN(C)C)[nH]3)cc2)[nH]1)N(C)C.c1ccccc1. The van der Waals surface area contributed by atoms with Crippen LogP contribution in [0.25, 0.3) is 0 Å². The van der Waals surface area contributed by atoms with Crippen molar-refractivity contribution in [3.8, 4) is 23.7 Å². The van der Waals surface area contributed by atoms with E-state index in [0.29, 0.717) is 13.1 Å². The van der Waals surface area contributed by atoms with Gasteiger partial charge in [0.25, 0.3) is 0 Å².